The number of nitrogens with one attached hydrogen (secondary N) is 3. The SMILES string of the molecule is CCC(Sc1cccc(NC(=O)/C(=C\c2cc(OC)c(OC)cc2OC)NC(=O)c2ccccc2)c1)C(=O)Nc1cc(C)ccc1C. The molecule has 0 bridgehead atoms. The van der Waals surface area contributed by atoms with Crippen molar-refractivity contribution in [2.75, 3.05) is 32.0 Å². The molecule has 0 aliphatic carbocycles. The predicted octanol–water partition coefficient (Wildman–Crippen LogP) is 7.25. The Kier molecular flexibility index (Phi) is 12.1. The van der Waals surface area contributed by atoms with Gasteiger partial charge in [-0.25, -0.2) is 0 Å². The van der Waals surface area contributed by atoms with Crippen molar-refractivity contribution in [3.05, 3.63) is 113 Å². The van der Waals surface area contributed by atoms with Crippen molar-refractivity contribution in [1.82, 2.24) is 5.32 Å². The van der Waals surface area contributed by atoms with Crippen molar-refractivity contribution < 1.29 is 28.6 Å². The molecule has 0 fully saturated rings. The van der Waals surface area contributed by atoms with E-state index in [0.29, 0.717) is 40.5 Å². The van der Waals surface area contributed by atoms with Crippen LogP contribution in [0.4, 0.5) is 11.4 Å². The molecule has 0 aliphatic rings. The van der Waals surface area contributed by atoms with Gasteiger partial charge in [0.2, 0.25) is 5.91 Å². The zero-order chi connectivity index (χ0) is 33.9. The Bertz CT molecular complexity index is 1770. The van der Waals surface area contributed by atoms with E-state index in [9.17, 15) is 14.4 Å². The molecule has 0 aliphatic heterocycles. The van der Waals surface area contributed by atoms with Crippen molar-refractivity contribution in [3.8, 4) is 17.2 Å². The van der Waals surface area contributed by atoms with Crippen molar-refractivity contribution in [1.29, 1.82) is 0 Å². The van der Waals surface area contributed by atoms with Gasteiger partial charge in [-0.15, -0.1) is 11.8 Å². The summed E-state index contributed by atoms with van der Waals surface area (Å²) in [5, 5.41) is 8.33. The van der Waals surface area contributed by atoms with Crippen LogP contribution < -0.4 is 30.2 Å². The summed E-state index contributed by atoms with van der Waals surface area (Å²) in [5.74, 6) is 0.154. The molecule has 4 rings (SSSR count). The molecule has 3 N–H and O–H groups in total. The van der Waals surface area contributed by atoms with Gasteiger partial charge in [0.05, 0.1) is 26.6 Å². The van der Waals surface area contributed by atoms with Gasteiger partial charge in [0.25, 0.3) is 11.8 Å². The van der Waals surface area contributed by atoms with Gasteiger partial charge in [0.1, 0.15) is 11.4 Å². The molecule has 244 valence electrons. The second-order valence-corrected chi connectivity index (χ2v) is 11.9. The second kappa shape index (κ2) is 16.4. The molecule has 0 saturated carbocycles. The number of anilines is 2. The first-order valence-corrected chi connectivity index (χ1v) is 15.9. The molecular formula is C37H39N3O6S. The molecule has 0 saturated heterocycles. The summed E-state index contributed by atoms with van der Waals surface area (Å²) >= 11 is 1.41. The Balaban J connectivity index is 1.59. The summed E-state index contributed by atoms with van der Waals surface area (Å²) in [6.07, 6.45) is 2.11. The van der Waals surface area contributed by atoms with Gasteiger partial charge >= 0.3 is 0 Å². The normalized spacial score (nSPS) is 11.7. The fraction of sp³-hybridized carbons (Fsp3) is 0.216. The van der Waals surface area contributed by atoms with Gasteiger partial charge in [0, 0.05) is 33.5 Å². The van der Waals surface area contributed by atoms with E-state index in [1.165, 1.54) is 39.2 Å². The van der Waals surface area contributed by atoms with Crippen molar-refractivity contribution in [2.45, 2.75) is 37.3 Å². The lowest BCUT2D eigenvalue weighted by atomic mass is 10.1. The maximum absolute atomic E-state index is 13.8. The number of carbonyl (C=O) groups excluding carboxylic acids is 3. The average Bonchev–Trinajstić information content (AvgIpc) is 3.08. The predicted molar refractivity (Wildman–Crippen MR) is 188 cm³/mol. The molecule has 0 heterocycles. The molecule has 9 nitrogen and oxygen atoms in total. The first kappa shape index (κ1) is 34.6. The highest BCUT2D eigenvalue weighted by Crippen LogP contribution is 2.36. The average molecular weight is 654 g/mol. The summed E-state index contributed by atoms with van der Waals surface area (Å²) in [4.78, 5) is 40.9. The standard InChI is InChI=1S/C37H39N3O6S/c1-7-34(37(43)39-29-18-23(2)16-17-24(29)3)47-28-15-11-14-27(21-28)38-36(42)30(40-35(41)25-12-9-8-10-13-25)19-26-20-32(45-5)33(46-6)22-31(26)44-4/h8-22,34H,7H2,1-6H3,(H,38,42)(H,39,43)(H,40,41)/b30-19+. The number of ether oxygens (including phenoxy) is 3. The zero-order valence-corrected chi connectivity index (χ0v) is 28.1. The molecule has 10 heteroatoms. The van der Waals surface area contributed by atoms with Gasteiger partial charge in [-0.05, 0) is 79.9 Å². The minimum Gasteiger partial charge on any atom is -0.496 e. The fourth-order valence-corrected chi connectivity index (χ4v) is 5.69. The number of thioether (sulfide) groups is 1. The number of aryl methyl sites for hydroxylation is 2. The van der Waals surface area contributed by atoms with E-state index in [0.717, 1.165) is 21.7 Å². The Hall–Kier alpha value is -5.22. The van der Waals surface area contributed by atoms with Crippen LogP contribution in [-0.4, -0.2) is 44.3 Å². The summed E-state index contributed by atoms with van der Waals surface area (Å²) in [6, 6.07) is 25.1. The number of methoxy groups -OCH3 is 3. The van der Waals surface area contributed by atoms with Gasteiger partial charge in [-0.2, -0.15) is 0 Å². The lowest BCUT2D eigenvalue weighted by molar-refractivity contribution is -0.116. The largest absolute Gasteiger partial charge is 0.496 e. The van der Waals surface area contributed by atoms with Crippen LogP contribution in [-0.2, 0) is 9.59 Å². The maximum atomic E-state index is 13.8. The number of rotatable bonds is 13. The molecule has 0 spiro atoms. The summed E-state index contributed by atoms with van der Waals surface area (Å²) in [7, 11) is 4.51. The molecular weight excluding hydrogens is 614 g/mol. The van der Waals surface area contributed by atoms with Crippen LogP contribution in [0.25, 0.3) is 6.08 Å². The van der Waals surface area contributed by atoms with E-state index in [1.807, 2.05) is 45.0 Å². The molecule has 4 aromatic carbocycles. The monoisotopic (exact) mass is 653 g/mol. The van der Waals surface area contributed by atoms with Gasteiger partial charge in [-0.1, -0.05) is 43.3 Å². The lowest BCUT2D eigenvalue weighted by Gasteiger charge is -2.17. The Morgan fingerprint density at radius 2 is 1.49 bits per heavy atom. The molecule has 3 amide bonds. The fourth-order valence-electron chi connectivity index (χ4n) is 4.68. The third-order valence-electron chi connectivity index (χ3n) is 7.25. The van der Waals surface area contributed by atoms with Gasteiger partial charge in [-0.3, -0.25) is 14.4 Å². The van der Waals surface area contributed by atoms with Crippen LogP contribution in [0.3, 0.4) is 0 Å². The molecule has 47 heavy (non-hydrogen) atoms. The van der Waals surface area contributed by atoms with Crippen LogP contribution in [0.15, 0.2) is 95.5 Å². The van der Waals surface area contributed by atoms with E-state index < -0.39 is 11.8 Å². The minimum atomic E-state index is -0.562. The van der Waals surface area contributed by atoms with E-state index in [1.54, 1.807) is 60.7 Å². The molecule has 0 aromatic heterocycles. The highest BCUT2D eigenvalue weighted by Gasteiger charge is 2.21. The Labute approximate surface area is 279 Å². The third-order valence-corrected chi connectivity index (χ3v) is 8.61. The number of amides is 3. The van der Waals surface area contributed by atoms with E-state index in [-0.39, 0.29) is 16.9 Å². The first-order chi connectivity index (χ1) is 22.6. The van der Waals surface area contributed by atoms with Crippen molar-refractivity contribution in [3.63, 3.8) is 0 Å². The zero-order valence-electron chi connectivity index (χ0n) is 27.3. The number of hydrogen-bond acceptors (Lipinski definition) is 7. The summed E-state index contributed by atoms with van der Waals surface area (Å²) < 4.78 is 16.4. The quantitative estimate of drug-likeness (QED) is 0.103. The van der Waals surface area contributed by atoms with Crippen LogP contribution in [0, 0.1) is 13.8 Å². The Morgan fingerprint density at radius 3 is 2.17 bits per heavy atom. The molecule has 1 atom stereocenters. The van der Waals surface area contributed by atoms with Crippen LogP contribution in [0.5, 0.6) is 17.2 Å². The van der Waals surface area contributed by atoms with E-state index in [4.69, 9.17) is 14.2 Å². The van der Waals surface area contributed by atoms with Gasteiger partial charge in [0.15, 0.2) is 11.5 Å². The number of hydrogen-bond donors (Lipinski definition) is 3. The lowest BCUT2D eigenvalue weighted by Crippen LogP contribution is -2.30. The third kappa shape index (κ3) is 9.17. The van der Waals surface area contributed by atoms with Crippen LogP contribution >= 0.6 is 11.8 Å². The highest BCUT2D eigenvalue weighted by molar-refractivity contribution is 8.00. The molecule has 0 radical (unpaired) electrons. The van der Waals surface area contributed by atoms with E-state index in [2.05, 4.69) is 16.0 Å². The number of benzene rings is 4. The maximum Gasteiger partial charge on any atom is 0.272 e. The number of carbonyl (C=O) groups is 3. The van der Waals surface area contributed by atoms with Crippen LogP contribution in [0.1, 0.15) is 40.4 Å². The van der Waals surface area contributed by atoms with E-state index >= 15 is 0 Å². The smallest absolute Gasteiger partial charge is 0.272 e. The first-order valence-electron chi connectivity index (χ1n) is 15.0. The highest BCUT2D eigenvalue weighted by atomic mass is 32.2. The van der Waals surface area contributed by atoms with Gasteiger partial charge < -0.3 is 30.2 Å². The summed E-state index contributed by atoms with van der Waals surface area (Å²) in [5.41, 5.74) is 4.17. The summed E-state index contributed by atoms with van der Waals surface area (Å²) in [6.45, 7) is 5.90. The van der Waals surface area contributed by atoms with Crippen molar-refractivity contribution in [2.24, 2.45) is 0 Å². The minimum absolute atomic E-state index is 0.0261. The second-order valence-electron chi connectivity index (χ2n) is 10.6. The molecule has 4 aromatic rings. The molecule has 1 unspecified atom stereocenters. The van der Waals surface area contributed by atoms with Crippen molar-refractivity contribution >= 4 is 46.9 Å². The topological polar surface area (TPSA) is 115 Å². The Morgan fingerprint density at radius 1 is 0.787 bits per heavy atom. The van der Waals surface area contributed by atoms with Crippen LogP contribution in [0.2, 0.25) is 0 Å².